The molecular weight excluding hydrogens is 347 g/mol. The molecule has 0 aliphatic rings. The number of carbonyl (C=O) groups excluding carboxylic acids is 1. The lowest BCUT2D eigenvalue weighted by molar-refractivity contribution is -0.118. The lowest BCUT2D eigenvalue weighted by atomic mass is 10.2. The Morgan fingerprint density at radius 1 is 1.24 bits per heavy atom. The van der Waals surface area contributed by atoms with Crippen LogP contribution >= 0.6 is 12.4 Å². The molecule has 0 heterocycles. The standard InChI is InChI=1S/C18H21FN2O3.ClH/c1-23-17(11-20)10-18(22)21-15-6-3-7-16(9-15)24-12-13-4-2-5-14(19)8-13;/h2-9,17H,10-12,20H2,1H3,(H,21,22);1H. The summed E-state index contributed by atoms with van der Waals surface area (Å²) in [5.74, 6) is 0.0958. The molecule has 2 aromatic carbocycles. The molecule has 0 saturated carbocycles. The van der Waals surface area contributed by atoms with Gasteiger partial charge in [-0.1, -0.05) is 18.2 Å². The summed E-state index contributed by atoms with van der Waals surface area (Å²) < 4.78 is 23.9. The molecule has 0 radical (unpaired) electrons. The van der Waals surface area contributed by atoms with Gasteiger partial charge in [0.25, 0.3) is 0 Å². The van der Waals surface area contributed by atoms with E-state index in [0.29, 0.717) is 11.4 Å². The summed E-state index contributed by atoms with van der Waals surface area (Å²) in [6.07, 6.45) is -0.126. The summed E-state index contributed by atoms with van der Waals surface area (Å²) in [6, 6.07) is 13.2. The zero-order valence-electron chi connectivity index (χ0n) is 13.9. The smallest absolute Gasteiger partial charge is 0.227 e. The van der Waals surface area contributed by atoms with Gasteiger partial charge in [0.2, 0.25) is 5.91 Å². The quantitative estimate of drug-likeness (QED) is 0.750. The number of halogens is 2. The molecule has 3 N–H and O–H groups in total. The molecule has 0 saturated heterocycles. The summed E-state index contributed by atoms with van der Waals surface area (Å²) in [7, 11) is 1.52. The summed E-state index contributed by atoms with van der Waals surface area (Å²) in [4.78, 5) is 11.9. The first-order valence-electron chi connectivity index (χ1n) is 7.60. The van der Waals surface area contributed by atoms with E-state index in [2.05, 4.69) is 5.32 Å². The Balaban J connectivity index is 0.00000312. The molecule has 0 bridgehead atoms. The molecule has 2 rings (SSSR count). The lowest BCUT2D eigenvalue weighted by Gasteiger charge is -2.13. The second-order valence-corrected chi connectivity index (χ2v) is 5.29. The summed E-state index contributed by atoms with van der Waals surface area (Å²) in [6.45, 7) is 0.523. The Morgan fingerprint density at radius 2 is 2.00 bits per heavy atom. The highest BCUT2D eigenvalue weighted by Crippen LogP contribution is 2.19. The van der Waals surface area contributed by atoms with Crippen molar-refractivity contribution in [3.8, 4) is 5.75 Å². The number of nitrogens with one attached hydrogen (secondary N) is 1. The predicted molar refractivity (Wildman–Crippen MR) is 97.5 cm³/mol. The van der Waals surface area contributed by atoms with Gasteiger partial charge in [-0.05, 0) is 29.8 Å². The number of ether oxygens (including phenoxy) is 2. The number of anilines is 1. The Morgan fingerprint density at radius 3 is 2.68 bits per heavy atom. The molecule has 25 heavy (non-hydrogen) atoms. The molecule has 1 amide bonds. The van der Waals surface area contributed by atoms with Crippen LogP contribution in [0.3, 0.4) is 0 Å². The number of hydrogen-bond acceptors (Lipinski definition) is 4. The minimum atomic E-state index is -0.308. The molecule has 0 aromatic heterocycles. The van der Waals surface area contributed by atoms with Crippen molar-refractivity contribution < 1.29 is 18.7 Å². The Kier molecular flexibility index (Phi) is 8.91. The Bertz CT molecular complexity index is 681. The van der Waals surface area contributed by atoms with Crippen molar-refractivity contribution in [3.63, 3.8) is 0 Å². The van der Waals surface area contributed by atoms with Gasteiger partial charge in [-0.3, -0.25) is 4.79 Å². The maximum absolute atomic E-state index is 13.1. The van der Waals surface area contributed by atoms with Crippen LogP contribution in [0.15, 0.2) is 48.5 Å². The highest BCUT2D eigenvalue weighted by molar-refractivity contribution is 5.91. The van der Waals surface area contributed by atoms with Crippen LogP contribution in [-0.4, -0.2) is 25.7 Å². The van der Waals surface area contributed by atoms with E-state index in [1.54, 1.807) is 36.4 Å². The number of nitrogens with two attached hydrogens (primary N) is 1. The maximum Gasteiger partial charge on any atom is 0.227 e. The lowest BCUT2D eigenvalue weighted by Crippen LogP contribution is -2.28. The molecule has 1 atom stereocenters. The molecule has 5 nitrogen and oxygen atoms in total. The number of rotatable bonds is 8. The van der Waals surface area contributed by atoms with Crippen LogP contribution in [0.1, 0.15) is 12.0 Å². The third-order valence-electron chi connectivity index (χ3n) is 3.42. The van der Waals surface area contributed by atoms with Crippen LogP contribution in [0.25, 0.3) is 0 Å². The number of amides is 1. The second kappa shape index (κ2) is 10.7. The van der Waals surface area contributed by atoms with Crippen LogP contribution in [0.2, 0.25) is 0 Å². The highest BCUT2D eigenvalue weighted by atomic mass is 35.5. The molecular formula is C18H22ClFN2O3. The van der Waals surface area contributed by atoms with Gasteiger partial charge in [-0.25, -0.2) is 4.39 Å². The molecule has 2 aromatic rings. The molecule has 0 spiro atoms. The van der Waals surface area contributed by atoms with Gasteiger partial charge in [0.1, 0.15) is 18.2 Å². The maximum atomic E-state index is 13.1. The first kappa shape index (κ1) is 20.9. The highest BCUT2D eigenvalue weighted by Gasteiger charge is 2.11. The molecule has 0 fully saturated rings. The van der Waals surface area contributed by atoms with E-state index in [9.17, 15) is 9.18 Å². The summed E-state index contributed by atoms with van der Waals surface area (Å²) in [5.41, 5.74) is 6.85. The predicted octanol–water partition coefficient (Wildman–Crippen LogP) is 3.13. The van der Waals surface area contributed by atoms with Gasteiger partial charge in [0, 0.05) is 25.4 Å². The van der Waals surface area contributed by atoms with E-state index in [1.165, 1.54) is 19.2 Å². The monoisotopic (exact) mass is 368 g/mol. The number of hydrogen-bond donors (Lipinski definition) is 2. The summed E-state index contributed by atoms with van der Waals surface area (Å²) >= 11 is 0. The first-order valence-corrected chi connectivity index (χ1v) is 7.60. The van der Waals surface area contributed by atoms with Gasteiger partial charge in [-0.2, -0.15) is 0 Å². The van der Waals surface area contributed by atoms with E-state index in [4.69, 9.17) is 15.2 Å². The van der Waals surface area contributed by atoms with Gasteiger partial charge < -0.3 is 20.5 Å². The van der Waals surface area contributed by atoms with Crippen molar-refractivity contribution in [2.75, 3.05) is 19.0 Å². The third-order valence-corrected chi connectivity index (χ3v) is 3.42. The van der Waals surface area contributed by atoms with E-state index >= 15 is 0 Å². The minimum absolute atomic E-state index is 0. The van der Waals surface area contributed by atoms with E-state index in [1.807, 2.05) is 0 Å². The first-order chi connectivity index (χ1) is 11.6. The van der Waals surface area contributed by atoms with E-state index in [0.717, 1.165) is 5.56 Å². The zero-order valence-corrected chi connectivity index (χ0v) is 14.7. The van der Waals surface area contributed by atoms with Gasteiger partial charge in [0.15, 0.2) is 0 Å². The van der Waals surface area contributed by atoms with Crippen molar-refractivity contribution in [2.45, 2.75) is 19.1 Å². The molecule has 136 valence electrons. The average molecular weight is 369 g/mol. The van der Waals surface area contributed by atoms with Crippen LogP contribution in [0, 0.1) is 5.82 Å². The van der Waals surface area contributed by atoms with Crippen molar-refractivity contribution in [1.82, 2.24) is 0 Å². The fraction of sp³-hybridized carbons (Fsp3) is 0.278. The van der Waals surface area contributed by atoms with E-state index in [-0.39, 0.29) is 49.8 Å². The van der Waals surface area contributed by atoms with Crippen LogP contribution in [0.5, 0.6) is 5.75 Å². The normalized spacial score (nSPS) is 11.3. The van der Waals surface area contributed by atoms with Gasteiger partial charge >= 0.3 is 0 Å². The summed E-state index contributed by atoms with van der Waals surface area (Å²) in [5, 5.41) is 2.77. The average Bonchev–Trinajstić information content (AvgIpc) is 2.58. The fourth-order valence-electron chi connectivity index (χ4n) is 2.14. The molecule has 0 aliphatic heterocycles. The van der Waals surface area contributed by atoms with E-state index < -0.39 is 0 Å². The number of benzene rings is 2. The Labute approximate surface area is 152 Å². The van der Waals surface area contributed by atoms with Crippen LogP contribution < -0.4 is 15.8 Å². The van der Waals surface area contributed by atoms with Crippen LogP contribution in [0.4, 0.5) is 10.1 Å². The number of carbonyl (C=O) groups is 1. The minimum Gasteiger partial charge on any atom is -0.489 e. The SMILES string of the molecule is COC(CN)CC(=O)Nc1cccc(OCc2cccc(F)c2)c1.Cl. The molecule has 7 heteroatoms. The molecule has 1 unspecified atom stereocenters. The number of methoxy groups -OCH3 is 1. The Hall–Kier alpha value is -2.15. The van der Waals surface area contributed by atoms with Crippen molar-refractivity contribution in [1.29, 1.82) is 0 Å². The van der Waals surface area contributed by atoms with Gasteiger partial charge in [0.05, 0.1) is 12.5 Å². The van der Waals surface area contributed by atoms with Gasteiger partial charge in [-0.15, -0.1) is 12.4 Å². The molecule has 0 aliphatic carbocycles. The topological polar surface area (TPSA) is 73.6 Å². The van der Waals surface area contributed by atoms with Crippen molar-refractivity contribution in [2.24, 2.45) is 5.73 Å². The third kappa shape index (κ3) is 7.09. The van der Waals surface area contributed by atoms with Crippen molar-refractivity contribution >= 4 is 24.0 Å². The largest absolute Gasteiger partial charge is 0.489 e. The fourth-order valence-corrected chi connectivity index (χ4v) is 2.14. The van der Waals surface area contributed by atoms with Crippen molar-refractivity contribution in [3.05, 3.63) is 59.9 Å². The zero-order chi connectivity index (χ0) is 17.4. The van der Waals surface area contributed by atoms with Crippen LogP contribution in [-0.2, 0) is 16.1 Å². The second-order valence-electron chi connectivity index (χ2n) is 5.29.